The van der Waals surface area contributed by atoms with Crippen molar-refractivity contribution in [1.82, 2.24) is 15.5 Å². The molecule has 0 amide bonds. The monoisotopic (exact) mass is 285 g/mol. The van der Waals surface area contributed by atoms with E-state index in [0.29, 0.717) is 21.8 Å². The molecule has 0 spiro atoms. The van der Waals surface area contributed by atoms with Gasteiger partial charge in [-0.3, -0.25) is 0 Å². The third-order valence-corrected chi connectivity index (χ3v) is 2.87. The number of hydrogen-bond donors (Lipinski definition) is 1. The van der Waals surface area contributed by atoms with Crippen LogP contribution in [-0.2, 0) is 0 Å². The van der Waals surface area contributed by atoms with Crippen molar-refractivity contribution in [3.05, 3.63) is 34.1 Å². The molecule has 96 valence electrons. The van der Waals surface area contributed by atoms with Gasteiger partial charge < -0.3 is 9.73 Å². The maximum Gasteiger partial charge on any atom is 0.247 e. The van der Waals surface area contributed by atoms with Gasteiger partial charge in [-0.2, -0.15) is 0 Å². The van der Waals surface area contributed by atoms with Crippen molar-refractivity contribution < 1.29 is 4.42 Å². The molecule has 1 atom stereocenters. The van der Waals surface area contributed by atoms with Crippen molar-refractivity contribution in [3.8, 4) is 11.5 Å². The van der Waals surface area contributed by atoms with Crippen LogP contribution < -0.4 is 5.32 Å². The Bertz CT molecular complexity index is 522. The molecule has 1 aromatic heterocycles. The van der Waals surface area contributed by atoms with Crippen molar-refractivity contribution in [3.63, 3.8) is 0 Å². The Hall–Kier alpha value is -1.10. The molecule has 0 saturated heterocycles. The van der Waals surface area contributed by atoms with Crippen molar-refractivity contribution in [2.24, 2.45) is 0 Å². The number of halogens is 2. The second kappa shape index (κ2) is 5.69. The summed E-state index contributed by atoms with van der Waals surface area (Å²) in [6.45, 7) is 4.82. The van der Waals surface area contributed by atoms with E-state index in [1.165, 1.54) is 0 Å². The minimum atomic E-state index is 0.0194. The summed E-state index contributed by atoms with van der Waals surface area (Å²) < 4.78 is 5.59. The molecule has 1 unspecified atom stereocenters. The number of aromatic nitrogens is 2. The van der Waals surface area contributed by atoms with Crippen LogP contribution in [0.1, 0.15) is 25.8 Å². The fourth-order valence-corrected chi connectivity index (χ4v) is 2.12. The van der Waals surface area contributed by atoms with Gasteiger partial charge in [-0.1, -0.05) is 30.1 Å². The summed E-state index contributed by atoms with van der Waals surface area (Å²) in [6.07, 6.45) is 0. The summed E-state index contributed by atoms with van der Waals surface area (Å²) in [4.78, 5) is 0. The zero-order valence-corrected chi connectivity index (χ0v) is 11.6. The molecule has 0 radical (unpaired) electrons. The van der Waals surface area contributed by atoms with E-state index in [0.717, 1.165) is 12.1 Å². The predicted molar refractivity (Wildman–Crippen MR) is 71.8 cm³/mol. The number of rotatable bonds is 4. The first-order valence-electron chi connectivity index (χ1n) is 5.63. The van der Waals surface area contributed by atoms with Crippen LogP contribution in [0, 0.1) is 0 Å². The summed E-state index contributed by atoms with van der Waals surface area (Å²) in [5, 5.41) is 12.3. The van der Waals surface area contributed by atoms with E-state index in [-0.39, 0.29) is 6.04 Å². The lowest BCUT2D eigenvalue weighted by Gasteiger charge is -2.05. The molecular formula is C12H13Cl2N3O. The highest BCUT2D eigenvalue weighted by Crippen LogP contribution is 2.27. The summed E-state index contributed by atoms with van der Waals surface area (Å²) in [7, 11) is 0. The highest BCUT2D eigenvalue weighted by atomic mass is 35.5. The summed E-state index contributed by atoms with van der Waals surface area (Å²) >= 11 is 11.9. The van der Waals surface area contributed by atoms with Crippen LogP contribution in [0.5, 0.6) is 0 Å². The standard InChI is InChI=1S/C12H13Cl2N3O/c1-3-15-7(2)11-16-17-12(18-11)8-4-9(13)6-10(14)5-8/h4-7,15H,3H2,1-2H3. The maximum absolute atomic E-state index is 5.93. The molecule has 4 nitrogen and oxygen atoms in total. The van der Waals surface area contributed by atoms with Crippen molar-refractivity contribution in [2.75, 3.05) is 6.54 Å². The van der Waals surface area contributed by atoms with Crippen LogP contribution in [0.3, 0.4) is 0 Å². The molecule has 0 aliphatic carbocycles. The zero-order chi connectivity index (χ0) is 13.1. The molecule has 1 heterocycles. The zero-order valence-electron chi connectivity index (χ0n) is 10.1. The molecule has 18 heavy (non-hydrogen) atoms. The average Bonchev–Trinajstić information content (AvgIpc) is 2.77. The summed E-state index contributed by atoms with van der Waals surface area (Å²) in [5.74, 6) is 0.960. The smallest absolute Gasteiger partial charge is 0.247 e. The van der Waals surface area contributed by atoms with Gasteiger partial charge in [0, 0.05) is 15.6 Å². The normalized spacial score (nSPS) is 12.7. The Morgan fingerprint density at radius 1 is 1.22 bits per heavy atom. The molecule has 0 aliphatic rings. The van der Waals surface area contributed by atoms with E-state index in [2.05, 4.69) is 15.5 Å². The van der Waals surface area contributed by atoms with Crippen LogP contribution in [0.4, 0.5) is 0 Å². The summed E-state index contributed by atoms with van der Waals surface area (Å²) in [5.41, 5.74) is 0.718. The third-order valence-electron chi connectivity index (χ3n) is 2.43. The first-order chi connectivity index (χ1) is 8.60. The minimum Gasteiger partial charge on any atom is -0.419 e. The van der Waals surface area contributed by atoms with Gasteiger partial charge in [-0.05, 0) is 31.7 Å². The average molecular weight is 286 g/mol. The molecule has 2 aromatic rings. The van der Waals surface area contributed by atoms with Crippen molar-refractivity contribution >= 4 is 23.2 Å². The topological polar surface area (TPSA) is 51.0 Å². The molecule has 0 saturated carbocycles. The second-order valence-electron chi connectivity index (χ2n) is 3.88. The molecule has 0 fully saturated rings. The first-order valence-corrected chi connectivity index (χ1v) is 6.39. The quantitative estimate of drug-likeness (QED) is 0.930. The van der Waals surface area contributed by atoms with E-state index in [1.54, 1.807) is 18.2 Å². The Kier molecular flexibility index (Phi) is 4.22. The van der Waals surface area contributed by atoms with Crippen LogP contribution in [0.25, 0.3) is 11.5 Å². The number of hydrogen-bond acceptors (Lipinski definition) is 4. The lowest BCUT2D eigenvalue weighted by molar-refractivity contribution is 0.429. The van der Waals surface area contributed by atoms with E-state index >= 15 is 0 Å². The van der Waals surface area contributed by atoms with Gasteiger partial charge in [-0.25, -0.2) is 0 Å². The molecule has 6 heteroatoms. The number of nitrogens with zero attached hydrogens (tertiary/aromatic N) is 2. The lowest BCUT2D eigenvalue weighted by atomic mass is 10.2. The van der Waals surface area contributed by atoms with Crippen LogP contribution in [0.2, 0.25) is 10.0 Å². The number of benzene rings is 1. The lowest BCUT2D eigenvalue weighted by Crippen LogP contribution is -2.17. The fraction of sp³-hybridized carbons (Fsp3) is 0.333. The Labute approximate surface area is 115 Å². The SMILES string of the molecule is CCNC(C)c1nnc(-c2cc(Cl)cc(Cl)c2)o1. The first kappa shape index (κ1) is 13.3. The van der Waals surface area contributed by atoms with E-state index in [4.69, 9.17) is 27.6 Å². The van der Waals surface area contributed by atoms with Gasteiger partial charge in [0.25, 0.3) is 0 Å². The molecule has 0 bridgehead atoms. The minimum absolute atomic E-state index is 0.0194. The summed E-state index contributed by atoms with van der Waals surface area (Å²) in [6, 6.07) is 5.15. The molecule has 2 rings (SSSR count). The van der Waals surface area contributed by atoms with Crippen LogP contribution in [-0.4, -0.2) is 16.7 Å². The van der Waals surface area contributed by atoms with Crippen molar-refractivity contribution in [2.45, 2.75) is 19.9 Å². The maximum atomic E-state index is 5.93. The number of nitrogens with one attached hydrogen (secondary N) is 1. The van der Waals surface area contributed by atoms with Gasteiger partial charge in [-0.15, -0.1) is 10.2 Å². The van der Waals surface area contributed by atoms with Gasteiger partial charge in [0.05, 0.1) is 6.04 Å². The molecule has 1 aromatic carbocycles. The van der Waals surface area contributed by atoms with Gasteiger partial charge in [0.1, 0.15) is 0 Å². The van der Waals surface area contributed by atoms with Gasteiger partial charge >= 0.3 is 0 Å². The Balaban J connectivity index is 2.29. The second-order valence-corrected chi connectivity index (χ2v) is 4.76. The molecule has 1 N–H and O–H groups in total. The van der Waals surface area contributed by atoms with Crippen molar-refractivity contribution in [1.29, 1.82) is 0 Å². The third kappa shape index (κ3) is 3.02. The Morgan fingerprint density at radius 3 is 2.50 bits per heavy atom. The van der Waals surface area contributed by atoms with E-state index in [1.807, 2.05) is 13.8 Å². The van der Waals surface area contributed by atoms with Gasteiger partial charge in [0.2, 0.25) is 11.8 Å². The largest absolute Gasteiger partial charge is 0.419 e. The molecular weight excluding hydrogens is 273 g/mol. The van der Waals surface area contributed by atoms with Crippen LogP contribution >= 0.6 is 23.2 Å². The fourth-order valence-electron chi connectivity index (χ4n) is 1.60. The highest BCUT2D eigenvalue weighted by molar-refractivity contribution is 6.35. The highest BCUT2D eigenvalue weighted by Gasteiger charge is 2.14. The van der Waals surface area contributed by atoms with E-state index in [9.17, 15) is 0 Å². The van der Waals surface area contributed by atoms with Crippen LogP contribution in [0.15, 0.2) is 22.6 Å². The molecule has 0 aliphatic heterocycles. The predicted octanol–water partition coefficient (Wildman–Crippen LogP) is 3.71. The Morgan fingerprint density at radius 2 is 1.89 bits per heavy atom. The van der Waals surface area contributed by atoms with E-state index < -0.39 is 0 Å². The van der Waals surface area contributed by atoms with Gasteiger partial charge in [0.15, 0.2) is 0 Å².